The van der Waals surface area contributed by atoms with Gasteiger partial charge in [0.05, 0.1) is 17.8 Å². The highest BCUT2D eigenvalue weighted by Crippen LogP contribution is 2.46. The van der Waals surface area contributed by atoms with E-state index in [2.05, 4.69) is 22.5 Å². The minimum atomic E-state index is -0.977. The van der Waals surface area contributed by atoms with Gasteiger partial charge in [-0.05, 0) is 59.4 Å². The van der Waals surface area contributed by atoms with Gasteiger partial charge in [-0.3, -0.25) is 4.90 Å². The van der Waals surface area contributed by atoms with Crippen molar-refractivity contribution in [3.8, 4) is 16.9 Å². The van der Waals surface area contributed by atoms with Crippen LogP contribution in [-0.4, -0.2) is 89.8 Å². The van der Waals surface area contributed by atoms with Crippen molar-refractivity contribution in [3.05, 3.63) is 58.6 Å². The highest BCUT2D eigenvalue weighted by atomic mass is 35.5. The van der Waals surface area contributed by atoms with Crippen LogP contribution in [0.2, 0.25) is 5.02 Å². The van der Waals surface area contributed by atoms with Crippen molar-refractivity contribution in [2.75, 3.05) is 38.1 Å². The molecule has 5 aliphatic heterocycles. The van der Waals surface area contributed by atoms with Crippen LogP contribution in [0.4, 0.5) is 14.5 Å². The second kappa shape index (κ2) is 10.8. The molecule has 0 aromatic heterocycles. The fourth-order valence-electron chi connectivity index (χ4n) is 8.51. The number of fused-ring (bicyclic) bond motifs is 5. The summed E-state index contributed by atoms with van der Waals surface area (Å²) in [6.45, 7) is 4.48. The maximum Gasteiger partial charge on any atom is 0.227 e. The van der Waals surface area contributed by atoms with E-state index >= 15 is 0 Å². The minimum absolute atomic E-state index is 0.177. The smallest absolute Gasteiger partial charge is 0.227 e. The van der Waals surface area contributed by atoms with E-state index in [0.29, 0.717) is 23.5 Å². The number of nitrogens with one attached hydrogen (secondary N) is 2. The quantitative estimate of drug-likeness (QED) is 0.332. The fourth-order valence-corrected chi connectivity index (χ4v) is 8.83. The molecule has 4 fully saturated rings. The molecule has 6 atom stereocenters. The molecule has 0 aliphatic carbocycles. The predicted octanol–water partition coefficient (Wildman–Crippen LogP) is 5.86. The summed E-state index contributed by atoms with van der Waals surface area (Å²) < 4.78 is 35.6. The van der Waals surface area contributed by atoms with Crippen molar-refractivity contribution in [2.24, 2.45) is 4.99 Å². The number of piperazine rings is 1. The molecule has 232 valence electrons. The van der Waals surface area contributed by atoms with Crippen molar-refractivity contribution >= 4 is 33.9 Å². The van der Waals surface area contributed by atoms with Crippen molar-refractivity contribution in [3.63, 3.8) is 0 Å². The Morgan fingerprint density at radius 1 is 1.02 bits per heavy atom. The van der Waals surface area contributed by atoms with Crippen LogP contribution in [-0.2, 0) is 11.2 Å². The molecule has 3 aromatic carbocycles. The molecular weight excluding hydrogens is 584 g/mol. The summed E-state index contributed by atoms with van der Waals surface area (Å²) in [6, 6.07) is 14.3. The average molecular weight is 622 g/mol. The van der Waals surface area contributed by atoms with E-state index in [1.165, 1.54) is 0 Å². The number of phenolic OH excluding ortho intramolecular Hbond substituents is 1. The molecular formula is C34H38ClF2N5O2. The summed E-state index contributed by atoms with van der Waals surface area (Å²) >= 11 is 7.17. The number of anilines is 1. The number of amidine groups is 1. The second-order valence-corrected chi connectivity index (χ2v) is 13.6. The van der Waals surface area contributed by atoms with E-state index in [-0.39, 0.29) is 38.3 Å². The molecule has 0 amide bonds. The zero-order valence-corrected chi connectivity index (χ0v) is 25.6. The first kappa shape index (κ1) is 28.5. The standard InChI is InChI=1S/C34H38ClF2N5O2/c1-2-25-30(27-10-24(43)9-19-5-3-4-6-26(19)27)29(35)11-28-31(25)39-33(40-32(28)41-16-22-7-8-23(17-41)38-22)44-18-34-12-20(36)14-42(34)15-21(37)13-34/h3-6,9-11,20-23,33,38-39,43H,2,7-8,12-18H2,1H3/t20-,21?,22?,23?,33?,34?/m1/s1. The first-order valence-corrected chi connectivity index (χ1v) is 16.3. The third kappa shape index (κ3) is 4.75. The van der Waals surface area contributed by atoms with Gasteiger partial charge in [0.25, 0.3) is 0 Å². The number of ether oxygens (including phenoxy) is 1. The fraction of sp³-hybridized carbons (Fsp3) is 0.500. The predicted molar refractivity (Wildman–Crippen MR) is 170 cm³/mol. The first-order chi connectivity index (χ1) is 21.3. The molecule has 0 radical (unpaired) electrons. The summed E-state index contributed by atoms with van der Waals surface area (Å²) in [5.74, 6) is 1.02. The molecule has 5 heterocycles. The summed E-state index contributed by atoms with van der Waals surface area (Å²) in [5, 5.41) is 20.5. The van der Waals surface area contributed by atoms with Gasteiger partial charge in [-0.2, -0.15) is 0 Å². The maximum atomic E-state index is 14.5. The number of nitrogens with zero attached hydrogens (tertiary/aromatic N) is 3. The Balaban J connectivity index is 1.22. The van der Waals surface area contributed by atoms with Crippen LogP contribution in [0, 0.1) is 0 Å². The van der Waals surface area contributed by atoms with Gasteiger partial charge in [-0.1, -0.05) is 42.8 Å². The van der Waals surface area contributed by atoms with Gasteiger partial charge >= 0.3 is 0 Å². The lowest BCUT2D eigenvalue weighted by molar-refractivity contribution is 0.00126. The van der Waals surface area contributed by atoms with Crippen LogP contribution in [0.25, 0.3) is 21.9 Å². The van der Waals surface area contributed by atoms with Crippen LogP contribution in [0.15, 0.2) is 47.5 Å². The van der Waals surface area contributed by atoms with Gasteiger partial charge in [-0.25, -0.2) is 13.8 Å². The molecule has 10 heteroatoms. The van der Waals surface area contributed by atoms with E-state index in [9.17, 15) is 13.9 Å². The Kier molecular flexibility index (Phi) is 7.01. The monoisotopic (exact) mass is 621 g/mol. The van der Waals surface area contributed by atoms with Crippen molar-refractivity contribution in [1.29, 1.82) is 0 Å². The number of aromatic hydroxyl groups is 1. The third-order valence-electron chi connectivity index (χ3n) is 10.3. The van der Waals surface area contributed by atoms with Gasteiger partial charge in [-0.15, -0.1) is 0 Å². The Morgan fingerprint density at radius 2 is 1.75 bits per heavy atom. The van der Waals surface area contributed by atoms with Gasteiger partial charge in [0, 0.05) is 67.3 Å². The Morgan fingerprint density at radius 3 is 2.48 bits per heavy atom. The number of rotatable bonds is 5. The Labute approximate surface area is 261 Å². The van der Waals surface area contributed by atoms with Crippen molar-refractivity contribution < 1.29 is 18.6 Å². The summed E-state index contributed by atoms with van der Waals surface area (Å²) in [6.07, 6.45) is 0.822. The third-order valence-corrected chi connectivity index (χ3v) is 10.6. The minimum Gasteiger partial charge on any atom is -0.508 e. The van der Waals surface area contributed by atoms with E-state index in [1.54, 1.807) is 12.1 Å². The second-order valence-electron chi connectivity index (χ2n) is 13.2. The molecule has 5 unspecified atom stereocenters. The van der Waals surface area contributed by atoms with Crippen LogP contribution in [0.3, 0.4) is 0 Å². The highest BCUT2D eigenvalue weighted by molar-refractivity contribution is 6.35. The number of benzene rings is 3. The Bertz CT molecular complexity index is 1630. The van der Waals surface area contributed by atoms with Gasteiger partial charge in [0.1, 0.15) is 23.9 Å². The number of likely N-dealkylation sites (tertiary alicyclic amines) is 1. The number of halogens is 3. The van der Waals surface area contributed by atoms with Crippen LogP contribution in [0.5, 0.6) is 5.75 Å². The number of phenols is 1. The van der Waals surface area contributed by atoms with E-state index in [0.717, 1.165) is 70.5 Å². The lowest BCUT2D eigenvalue weighted by Gasteiger charge is -2.39. The van der Waals surface area contributed by atoms with E-state index < -0.39 is 24.2 Å². The molecule has 3 aromatic rings. The molecule has 0 spiro atoms. The molecule has 44 heavy (non-hydrogen) atoms. The molecule has 3 N–H and O–H groups in total. The normalized spacial score (nSPS) is 31.2. The topological polar surface area (TPSA) is 72.4 Å². The van der Waals surface area contributed by atoms with Crippen molar-refractivity contribution in [2.45, 2.75) is 75.3 Å². The lowest BCUT2D eigenvalue weighted by atomic mass is 9.89. The van der Waals surface area contributed by atoms with E-state index in [1.807, 2.05) is 35.2 Å². The molecule has 0 saturated carbocycles. The summed E-state index contributed by atoms with van der Waals surface area (Å²) in [7, 11) is 0. The largest absolute Gasteiger partial charge is 0.508 e. The zero-order valence-electron chi connectivity index (χ0n) is 24.8. The summed E-state index contributed by atoms with van der Waals surface area (Å²) in [5.41, 5.74) is 3.92. The van der Waals surface area contributed by atoms with Gasteiger partial charge < -0.3 is 25.4 Å². The molecule has 7 nitrogen and oxygen atoms in total. The zero-order chi connectivity index (χ0) is 30.2. The highest BCUT2D eigenvalue weighted by Gasteiger charge is 2.53. The van der Waals surface area contributed by atoms with Crippen molar-refractivity contribution in [1.82, 2.24) is 15.1 Å². The summed E-state index contributed by atoms with van der Waals surface area (Å²) in [4.78, 5) is 9.39. The average Bonchev–Trinajstić information content (AvgIpc) is 3.61. The van der Waals surface area contributed by atoms with Gasteiger partial charge in [0.15, 0.2) is 0 Å². The van der Waals surface area contributed by atoms with Crippen LogP contribution >= 0.6 is 11.6 Å². The lowest BCUT2D eigenvalue weighted by Crippen LogP contribution is -2.54. The number of hydrogen-bond acceptors (Lipinski definition) is 7. The SMILES string of the molecule is CCc1c2c(cc(Cl)c1-c1cc(O)cc3ccccc13)C(N1CC3CCC(C1)N3)=NC(OCC13CC(F)CN1C[C@H](F)C3)N2. The maximum absolute atomic E-state index is 14.5. The molecule has 2 bridgehead atoms. The number of aliphatic imine (C=N–C) groups is 1. The number of hydrogen-bond donors (Lipinski definition) is 3. The Hall–Kier alpha value is -2.98. The number of alkyl halides is 2. The first-order valence-electron chi connectivity index (χ1n) is 15.9. The molecule has 8 rings (SSSR count). The van der Waals surface area contributed by atoms with E-state index in [4.69, 9.17) is 21.3 Å². The van der Waals surface area contributed by atoms with Gasteiger partial charge in [0.2, 0.25) is 6.35 Å². The van der Waals surface area contributed by atoms with Crippen LogP contribution < -0.4 is 10.6 Å². The molecule has 4 saturated heterocycles. The van der Waals surface area contributed by atoms with Crippen LogP contribution in [0.1, 0.15) is 43.7 Å². The molecule has 5 aliphatic rings.